The molecule has 1 rings (SSSR count). The lowest BCUT2D eigenvalue weighted by atomic mass is 10.2. The molecule has 16 heavy (non-hydrogen) atoms. The molecule has 0 aromatic carbocycles. The molecule has 0 N–H and O–H groups in total. The molecule has 0 aromatic rings. The number of carbonyl (C=O) groups is 3. The highest BCUT2D eigenvalue weighted by atomic mass is 16.2. The van der Waals surface area contributed by atoms with Crippen LogP contribution in [0.15, 0.2) is 12.2 Å². The zero-order chi connectivity index (χ0) is 12.9. The summed E-state index contributed by atoms with van der Waals surface area (Å²) in [5.41, 5.74) is -0.145. The van der Waals surface area contributed by atoms with E-state index in [1.807, 2.05) is 13.8 Å². The fourth-order valence-corrected chi connectivity index (χ4v) is 1.29. The highest BCUT2D eigenvalue weighted by Gasteiger charge is 2.38. The van der Waals surface area contributed by atoms with Crippen LogP contribution in [0.25, 0.3) is 0 Å². The maximum absolute atomic E-state index is 11.5. The van der Waals surface area contributed by atoms with E-state index in [9.17, 15) is 14.4 Å². The second-order valence-corrected chi connectivity index (χ2v) is 2.86. The van der Waals surface area contributed by atoms with Crippen molar-refractivity contribution in [1.29, 1.82) is 0 Å². The number of hydrogen-bond donors (Lipinski definition) is 0. The molecule has 5 nitrogen and oxygen atoms in total. The summed E-state index contributed by atoms with van der Waals surface area (Å²) in [4.78, 5) is 36.3. The van der Waals surface area contributed by atoms with Crippen LogP contribution >= 0.6 is 0 Å². The smallest absolute Gasteiger partial charge is 0.268 e. The van der Waals surface area contributed by atoms with Crippen molar-refractivity contribution in [2.75, 3.05) is 13.1 Å². The first kappa shape index (κ1) is 14.3. The van der Waals surface area contributed by atoms with Gasteiger partial charge >= 0.3 is 6.03 Å². The fraction of sp³-hybridized carbons (Fsp3) is 0.545. The maximum atomic E-state index is 11.5. The first-order valence-electron chi connectivity index (χ1n) is 5.41. The number of amides is 4. The summed E-state index contributed by atoms with van der Waals surface area (Å²) in [5, 5.41) is 0. The predicted octanol–water partition coefficient (Wildman–Crippen LogP) is 1.40. The van der Waals surface area contributed by atoms with Gasteiger partial charge in [0, 0.05) is 13.1 Å². The van der Waals surface area contributed by atoms with E-state index in [1.165, 1.54) is 0 Å². The van der Waals surface area contributed by atoms with E-state index in [1.54, 1.807) is 13.8 Å². The van der Waals surface area contributed by atoms with Gasteiger partial charge < -0.3 is 0 Å². The third-order valence-corrected chi connectivity index (χ3v) is 2.10. The quantitative estimate of drug-likeness (QED) is 0.528. The topological polar surface area (TPSA) is 57.7 Å². The highest BCUT2D eigenvalue weighted by Crippen LogP contribution is 2.14. The molecule has 0 aromatic heterocycles. The number of rotatable bonds is 2. The van der Waals surface area contributed by atoms with Gasteiger partial charge in [-0.2, -0.15) is 0 Å². The summed E-state index contributed by atoms with van der Waals surface area (Å²) >= 11 is 0. The second-order valence-electron chi connectivity index (χ2n) is 2.86. The van der Waals surface area contributed by atoms with Gasteiger partial charge in [-0.05, 0) is 13.8 Å². The van der Waals surface area contributed by atoms with Gasteiger partial charge in [0.05, 0.1) is 5.57 Å². The molecule has 4 amide bonds. The van der Waals surface area contributed by atoms with Crippen LogP contribution in [-0.2, 0) is 9.59 Å². The average Bonchev–Trinajstić information content (AvgIpc) is 2.30. The van der Waals surface area contributed by atoms with E-state index >= 15 is 0 Å². The van der Waals surface area contributed by atoms with Crippen molar-refractivity contribution in [3.05, 3.63) is 12.2 Å². The van der Waals surface area contributed by atoms with E-state index in [-0.39, 0.29) is 18.7 Å². The Labute approximate surface area is 95.7 Å². The molecule has 0 saturated carbocycles. The lowest BCUT2D eigenvalue weighted by Gasteiger charge is -2.32. The minimum absolute atomic E-state index is 0.145. The summed E-state index contributed by atoms with van der Waals surface area (Å²) in [6.07, 6.45) is 0. The van der Waals surface area contributed by atoms with Crippen LogP contribution in [0.3, 0.4) is 0 Å². The van der Waals surface area contributed by atoms with Crippen LogP contribution in [0.5, 0.6) is 0 Å². The van der Waals surface area contributed by atoms with Crippen molar-refractivity contribution in [1.82, 2.24) is 9.80 Å². The molecule has 0 spiro atoms. The molecule has 5 heteroatoms. The number of likely N-dealkylation sites (N-methyl/N-ethyl adjacent to an activating group) is 2. The number of imide groups is 2. The van der Waals surface area contributed by atoms with Crippen molar-refractivity contribution in [2.24, 2.45) is 0 Å². The molecule has 1 heterocycles. The Balaban J connectivity index is 0.00000106. The van der Waals surface area contributed by atoms with Crippen LogP contribution < -0.4 is 0 Å². The molecule has 0 aliphatic carbocycles. The Morgan fingerprint density at radius 2 is 1.25 bits per heavy atom. The molecular formula is C11H18N2O3. The van der Waals surface area contributed by atoms with Gasteiger partial charge in [-0.3, -0.25) is 19.4 Å². The summed E-state index contributed by atoms with van der Waals surface area (Å²) in [5.74, 6) is -1.18. The Hall–Kier alpha value is -1.65. The summed E-state index contributed by atoms with van der Waals surface area (Å²) in [6, 6.07) is -0.558. The van der Waals surface area contributed by atoms with Crippen molar-refractivity contribution in [3.8, 4) is 0 Å². The largest absolute Gasteiger partial charge is 0.333 e. The van der Waals surface area contributed by atoms with Gasteiger partial charge in [-0.15, -0.1) is 0 Å². The molecule has 0 bridgehead atoms. The van der Waals surface area contributed by atoms with Gasteiger partial charge in [-0.1, -0.05) is 20.4 Å². The Bertz CT molecular complexity index is 295. The number of nitrogens with zero attached hydrogens (tertiary/aromatic N) is 2. The van der Waals surface area contributed by atoms with Crippen LogP contribution in [-0.4, -0.2) is 40.7 Å². The van der Waals surface area contributed by atoms with E-state index in [4.69, 9.17) is 0 Å². The first-order valence-corrected chi connectivity index (χ1v) is 5.41. The molecule has 0 unspecified atom stereocenters. The third-order valence-electron chi connectivity index (χ3n) is 2.10. The van der Waals surface area contributed by atoms with Crippen LogP contribution in [0, 0.1) is 0 Å². The van der Waals surface area contributed by atoms with E-state index in [0.717, 1.165) is 9.80 Å². The van der Waals surface area contributed by atoms with Gasteiger partial charge in [0.15, 0.2) is 0 Å². The Morgan fingerprint density at radius 1 is 0.938 bits per heavy atom. The predicted molar refractivity (Wildman–Crippen MR) is 60.7 cm³/mol. The highest BCUT2D eigenvalue weighted by molar-refractivity contribution is 6.28. The molecular weight excluding hydrogens is 208 g/mol. The molecule has 1 aliphatic heterocycles. The fourth-order valence-electron chi connectivity index (χ4n) is 1.29. The van der Waals surface area contributed by atoms with Crippen molar-refractivity contribution < 1.29 is 14.4 Å². The molecule has 1 aliphatic rings. The Morgan fingerprint density at radius 3 is 1.50 bits per heavy atom. The summed E-state index contributed by atoms with van der Waals surface area (Å²) in [7, 11) is 0. The van der Waals surface area contributed by atoms with Gasteiger partial charge in [-0.25, -0.2) is 4.79 Å². The minimum atomic E-state index is -0.591. The monoisotopic (exact) mass is 226 g/mol. The lowest BCUT2D eigenvalue weighted by Crippen LogP contribution is -2.55. The van der Waals surface area contributed by atoms with Crippen LogP contribution in [0.4, 0.5) is 4.79 Å². The van der Waals surface area contributed by atoms with Crippen LogP contribution in [0.1, 0.15) is 27.7 Å². The normalized spacial score (nSPS) is 16.2. The molecule has 0 atom stereocenters. The minimum Gasteiger partial charge on any atom is -0.268 e. The Kier molecular flexibility index (Phi) is 5.42. The number of hydrogen-bond acceptors (Lipinski definition) is 3. The van der Waals surface area contributed by atoms with Crippen molar-refractivity contribution in [2.45, 2.75) is 27.7 Å². The van der Waals surface area contributed by atoms with Crippen LogP contribution in [0.2, 0.25) is 0 Å². The number of carbonyl (C=O) groups excluding carboxylic acids is 3. The zero-order valence-corrected chi connectivity index (χ0v) is 10.2. The van der Waals surface area contributed by atoms with Gasteiger partial charge in [0.25, 0.3) is 11.8 Å². The third kappa shape index (κ3) is 2.29. The molecule has 1 fully saturated rings. The maximum Gasteiger partial charge on any atom is 0.333 e. The summed E-state index contributed by atoms with van der Waals surface area (Å²) in [6.45, 7) is 11.2. The van der Waals surface area contributed by atoms with Gasteiger partial charge in [0.2, 0.25) is 0 Å². The lowest BCUT2D eigenvalue weighted by molar-refractivity contribution is -0.135. The van der Waals surface area contributed by atoms with Gasteiger partial charge in [0.1, 0.15) is 0 Å². The SMILES string of the molecule is C=C1C(=O)N(CC)C(=O)N(CC)C1=O.CC. The molecule has 1 saturated heterocycles. The zero-order valence-electron chi connectivity index (χ0n) is 10.2. The van der Waals surface area contributed by atoms with E-state index in [0.29, 0.717) is 0 Å². The molecule has 0 radical (unpaired) electrons. The van der Waals surface area contributed by atoms with Crippen molar-refractivity contribution in [3.63, 3.8) is 0 Å². The van der Waals surface area contributed by atoms with E-state index in [2.05, 4.69) is 6.58 Å². The summed E-state index contributed by atoms with van der Waals surface area (Å²) < 4.78 is 0. The number of barbiturate groups is 1. The van der Waals surface area contributed by atoms with E-state index < -0.39 is 17.8 Å². The standard InChI is InChI=1S/C9H12N2O3.C2H6/c1-4-10-7(12)6(3)8(13)11(5-2)9(10)14;1-2/h3-5H2,1-2H3;1-2H3. The number of urea groups is 1. The van der Waals surface area contributed by atoms with Crippen molar-refractivity contribution >= 4 is 17.8 Å². The second kappa shape index (κ2) is 6.05. The first-order chi connectivity index (χ1) is 7.54. The average molecular weight is 226 g/mol. The molecule has 90 valence electrons.